The molecule has 2 unspecified atom stereocenters. The quantitative estimate of drug-likeness (QED) is 0.501. The maximum Gasteiger partial charge on any atom is 0.175 e. The minimum atomic E-state index is -3.44. The molecule has 2 atom stereocenters. The minimum Gasteiger partial charge on any atom is -0.506 e. The Hall–Kier alpha value is -1.66. The van der Waals surface area contributed by atoms with Gasteiger partial charge in [-0.1, -0.05) is 11.6 Å². The number of aliphatic hydroxyl groups excluding tert-OH is 1. The van der Waals surface area contributed by atoms with Crippen molar-refractivity contribution in [2.75, 3.05) is 6.26 Å². The van der Waals surface area contributed by atoms with Crippen LogP contribution >= 0.6 is 11.6 Å². The van der Waals surface area contributed by atoms with Crippen molar-refractivity contribution in [1.29, 1.82) is 0 Å². The zero-order chi connectivity index (χ0) is 16.9. The number of benzene rings is 1. The van der Waals surface area contributed by atoms with E-state index in [1.807, 2.05) is 0 Å². The van der Waals surface area contributed by atoms with E-state index >= 15 is 0 Å². The molecule has 2 aliphatic rings. The van der Waals surface area contributed by atoms with Crippen LogP contribution in [0.15, 0.2) is 28.7 Å². The second kappa shape index (κ2) is 5.46. The molecule has 0 aromatic heterocycles. The molecule has 1 aromatic carbocycles. The summed E-state index contributed by atoms with van der Waals surface area (Å²) in [5.41, 5.74) is -0.102. The predicted octanol–water partition coefficient (Wildman–Crippen LogP) is 2.58. The van der Waals surface area contributed by atoms with Crippen molar-refractivity contribution in [3.63, 3.8) is 0 Å². The Labute approximate surface area is 138 Å². The van der Waals surface area contributed by atoms with Crippen molar-refractivity contribution >= 4 is 38.8 Å². The van der Waals surface area contributed by atoms with Crippen molar-refractivity contribution in [2.24, 2.45) is 11.8 Å². The molecule has 3 rings (SSSR count). The number of hydrogen-bond acceptors (Lipinski definition) is 5. The van der Waals surface area contributed by atoms with Gasteiger partial charge in [0.2, 0.25) is 0 Å². The fourth-order valence-corrected chi connectivity index (χ4v) is 4.26. The molecule has 0 aliphatic heterocycles. The molecular weight excluding hydrogens is 340 g/mol. The van der Waals surface area contributed by atoms with Gasteiger partial charge in [-0.25, -0.2) is 8.42 Å². The number of rotatable bonds is 2. The number of fused-ring (bicyclic) bond motifs is 2. The van der Waals surface area contributed by atoms with Crippen LogP contribution in [0.4, 0.5) is 0 Å². The SMILES string of the molecule is CS(=O)(=O)c1ccc(C(O)=C2C(=O)C3CCC(C3)C2=O)c(Cl)c1. The highest BCUT2D eigenvalue weighted by atomic mass is 35.5. The average molecular weight is 355 g/mol. The van der Waals surface area contributed by atoms with Gasteiger partial charge in [0.25, 0.3) is 0 Å². The highest BCUT2D eigenvalue weighted by molar-refractivity contribution is 7.90. The summed E-state index contributed by atoms with van der Waals surface area (Å²) in [6.07, 6.45) is 2.91. The zero-order valence-electron chi connectivity index (χ0n) is 12.4. The Morgan fingerprint density at radius 1 is 1.17 bits per heavy atom. The van der Waals surface area contributed by atoms with Crippen molar-refractivity contribution in [3.8, 4) is 0 Å². The first kappa shape index (κ1) is 16.2. The summed E-state index contributed by atoms with van der Waals surface area (Å²) in [5.74, 6) is -1.58. The summed E-state index contributed by atoms with van der Waals surface area (Å²) in [5, 5.41) is 10.4. The Bertz CT molecular complexity index is 829. The largest absolute Gasteiger partial charge is 0.506 e. The molecule has 5 nitrogen and oxygen atoms in total. The first-order valence-electron chi connectivity index (χ1n) is 7.21. The van der Waals surface area contributed by atoms with Gasteiger partial charge in [0.05, 0.1) is 9.92 Å². The van der Waals surface area contributed by atoms with Gasteiger partial charge in [-0.15, -0.1) is 0 Å². The van der Waals surface area contributed by atoms with E-state index in [1.54, 1.807) is 0 Å². The van der Waals surface area contributed by atoms with Crippen LogP contribution < -0.4 is 0 Å². The lowest BCUT2D eigenvalue weighted by atomic mass is 9.81. The summed E-state index contributed by atoms with van der Waals surface area (Å²) in [6.45, 7) is 0. The van der Waals surface area contributed by atoms with Gasteiger partial charge in [-0.05, 0) is 37.5 Å². The third kappa shape index (κ3) is 2.70. The Morgan fingerprint density at radius 2 is 1.74 bits per heavy atom. The molecule has 122 valence electrons. The standard InChI is InChI=1S/C16H15ClO5S/c1-23(21,22)10-4-5-11(12(17)7-10)16(20)13-14(18)8-2-3-9(6-8)15(13)19/h4-5,7-9,20H,2-3,6H2,1H3. The summed E-state index contributed by atoms with van der Waals surface area (Å²) in [6, 6.07) is 3.81. The van der Waals surface area contributed by atoms with Gasteiger partial charge >= 0.3 is 0 Å². The second-order valence-electron chi connectivity index (χ2n) is 6.07. The van der Waals surface area contributed by atoms with Crippen LogP contribution in [-0.2, 0) is 19.4 Å². The predicted molar refractivity (Wildman–Crippen MR) is 85.0 cm³/mol. The fourth-order valence-electron chi connectivity index (χ4n) is 3.27. The van der Waals surface area contributed by atoms with Crippen LogP contribution in [0.3, 0.4) is 0 Å². The lowest BCUT2D eigenvalue weighted by Crippen LogP contribution is -2.30. The van der Waals surface area contributed by atoms with E-state index in [2.05, 4.69) is 0 Å². The molecule has 0 spiro atoms. The van der Waals surface area contributed by atoms with E-state index in [9.17, 15) is 23.1 Å². The van der Waals surface area contributed by atoms with Crippen LogP contribution in [0, 0.1) is 11.8 Å². The number of ketones is 2. The molecule has 0 amide bonds. The number of carbonyl (C=O) groups is 2. The van der Waals surface area contributed by atoms with Gasteiger partial charge in [-0.2, -0.15) is 0 Å². The fraction of sp³-hybridized carbons (Fsp3) is 0.375. The third-order valence-corrected chi connectivity index (χ3v) is 5.95. The number of sulfone groups is 1. The molecule has 0 radical (unpaired) electrons. The van der Waals surface area contributed by atoms with E-state index in [-0.39, 0.29) is 44.5 Å². The number of carbonyl (C=O) groups excluding carboxylic acids is 2. The number of hydrogen-bond donors (Lipinski definition) is 1. The maximum atomic E-state index is 12.4. The lowest BCUT2D eigenvalue weighted by Gasteiger charge is -2.20. The molecule has 0 saturated heterocycles. The van der Waals surface area contributed by atoms with E-state index < -0.39 is 15.6 Å². The smallest absolute Gasteiger partial charge is 0.175 e. The molecule has 0 heterocycles. The van der Waals surface area contributed by atoms with Crippen LogP contribution in [-0.4, -0.2) is 31.3 Å². The molecule has 2 saturated carbocycles. The minimum absolute atomic E-state index is 0.00502. The number of allylic oxidation sites excluding steroid dienone is 1. The normalized spacial score (nSPS) is 24.2. The van der Waals surface area contributed by atoms with Gasteiger partial charge in [-0.3, -0.25) is 9.59 Å². The molecule has 7 heteroatoms. The topological polar surface area (TPSA) is 88.5 Å². The number of halogens is 1. The van der Waals surface area contributed by atoms with E-state index in [0.717, 1.165) is 6.26 Å². The zero-order valence-corrected chi connectivity index (χ0v) is 13.9. The van der Waals surface area contributed by atoms with Crippen molar-refractivity contribution in [1.82, 2.24) is 0 Å². The van der Waals surface area contributed by atoms with Gasteiger partial charge < -0.3 is 5.11 Å². The van der Waals surface area contributed by atoms with Crippen molar-refractivity contribution in [2.45, 2.75) is 24.2 Å². The molecule has 2 fully saturated rings. The Balaban J connectivity index is 2.11. The average Bonchev–Trinajstić information content (AvgIpc) is 2.91. The molecular formula is C16H15ClO5S. The van der Waals surface area contributed by atoms with Gasteiger partial charge in [0, 0.05) is 23.7 Å². The molecule has 2 aliphatic carbocycles. The second-order valence-corrected chi connectivity index (χ2v) is 8.50. The molecule has 2 bridgehead atoms. The van der Waals surface area contributed by atoms with E-state index in [4.69, 9.17) is 11.6 Å². The Kier molecular flexibility index (Phi) is 3.84. The van der Waals surface area contributed by atoms with Crippen LogP contribution in [0.5, 0.6) is 0 Å². The monoisotopic (exact) mass is 354 g/mol. The number of aliphatic hydroxyl groups is 1. The summed E-state index contributed by atoms with van der Waals surface area (Å²) in [4.78, 5) is 24.7. The Morgan fingerprint density at radius 3 is 2.22 bits per heavy atom. The van der Waals surface area contributed by atoms with E-state index in [0.29, 0.717) is 19.3 Å². The molecule has 1 aromatic rings. The number of Topliss-reactive ketones (excluding diaryl/α,β-unsaturated/α-hetero) is 2. The van der Waals surface area contributed by atoms with Crippen LogP contribution in [0.25, 0.3) is 5.76 Å². The highest BCUT2D eigenvalue weighted by Gasteiger charge is 2.45. The summed E-state index contributed by atoms with van der Waals surface area (Å²) >= 11 is 6.05. The maximum absolute atomic E-state index is 12.4. The van der Waals surface area contributed by atoms with Gasteiger partial charge in [0.15, 0.2) is 21.4 Å². The lowest BCUT2D eigenvalue weighted by molar-refractivity contribution is -0.127. The third-order valence-electron chi connectivity index (χ3n) is 4.53. The summed E-state index contributed by atoms with van der Waals surface area (Å²) < 4.78 is 23.0. The first-order valence-corrected chi connectivity index (χ1v) is 9.48. The molecule has 1 N–H and O–H groups in total. The summed E-state index contributed by atoms with van der Waals surface area (Å²) in [7, 11) is -3.44. The molecule has 23 heavy (non-hydrogen) atoms. The van der Waals surface area contributed by atoms with Gasteiger partial charge in [0.1, 0.15) is 11.3 Å². The van der Waals surface area contributed by atoms with Crippen molar-refractivity contribution in [3.05, 3.63) is 34.4 Å². The first-order chi connectivity index (χ1) is 10.7. The van der Waals surface area contributed by atoms with Crippen LogP contribution in [0.1, 0.15) is 24.8 Å². The van der Waals surface area contributed by atoms with E-state index in [1.165, 1.54) is 18.2 Å². The van der Waals surface area contributed by atoms with Crippen molar-refractivity contribution < 1.29 is 23.1 Å². The highest BCUT2D eigenvalue weighted by Crippen LogP contribution is 2.42. The van der Waals surface area contributed by atoms with Crippen LogP contribution in [0.2, 0.25) is 5.02 Å².